The Morgan fingerprint density at radius 1 is 1.19 bits per heavy atom. The lowest BCUT2D eigenvalue weighted by molar-refractivity contribution is -0.137. The van der Waals surface area contributed by atoms with Crippen LogP contribution in [0.25, 0.3) is 0 Å². The molecule has 0 saturated carbocycles. The van der Waals surface area contributed by atoms with E-state index in [1.165, 1.54) is 12.1 Å². The van der Waals surface area contributed by atoms with Crippen LogP contribution in [0.2, 0.25) is 0 Å². The van der Waals surface area contributed by atoms with Gasteiger partial charge in [-0.25, -0.2) is 4.79 Å². The Balaban J connectivity index is 1.65. The van der Waals surface area contributed by atoms with Crippen molar-refractivity contribution in [2.24, 2.45) is 11.8 Å². The predicted octanol–water partition coefficient (Wildman–Crippen LogP) is 4.53. The summed E-state index contributed by atoms with van der Waals surface area (Å²) in [6.07, 6.45) is -2.21. The van der Waals surface area contributed by atoms with Crippen LogP contribution in [0.5, 0.6) is 0 Å². The molecule has 2 N–H and O–H groups in total. The highest BCUT2D eigenvalue weighted by atomic mass is 19.4. The molecular formula is C23H33F3N4O2. The molecule has 2 saturated heterocycles. The number of urea groups is 1. The minimum Gasteiger partial charge on any atom is -0.324 e. The summed E-state index contributed by atoms with van der Waals surface area (Å²) >= 11 is 0. The second kappa shape index (κ2) is 9.29. The minimum atomic E-state index is -4.41. The van der Waals surface area contributed by atoms with Crippen molar-refractivity contribution in [1.82, 2.24) is 15.1 Å². The van der Waals surface area contributed by atoms with Crippen LogP contribution in [0.1, 0.15) is 52.5 Å². The van der Waals surface area contributed by atoms with Gasteiger partial charge < -0.3 is 15.1 Å². The minimum absolute atomic E-state index is 0.128. The zero-order valence-electron chi connectivity index (χ0n) is 19.1. The van der Waals surface area contributed by atoms with Gasteiger partial charge in [0.1, 0.15) is 0 Å². The molecule has 0 aliphatic carbocycles. The van der Waals surface area contributed by atoms with Crippen molar-refractivity contribution in [2.75, 3.05) is 25.0 Å². The molecule has 178 valence electrons. The highest BCUT2D eigenvalue weighted by Gasteiger charge is 2.52. The Kier molecular flexibility index (Phi) is 7.07. The van der Waals surface area contributed by atoms with Crippen molar-refractivity contribution < 1.29 is 22.8 Å². The number of carbonyl (C=O) groups excluding carboxylic acids is 2. The Morgan fingerprint density at radius 3 is 2.28 bits per heavy atom. The summed E-state index contributed by atoms with van der Waals surface area (Å²) in [4.78, 5) is 29.4. The molecule has 2 heterocycles. The van der Waals surface area contributed by atoms with E-state index in [4.69, 9.17) is 0 Å². The average Bonchev–Trinajstić information content (AvgIpc) is 3.00. The topological polar surface area (TPSA) is 64.7 Å². The van der Waals surface area contributed by atoms with Crippen LogP contribution in [0.3, 0.4) is 0 Å². The summed E-state index contributed by atoms with van der Waals surface area (Å²) in [5, 5.41) is 6.25. The monoisotopic (exact) mass is 454 g/mol. The summed E-state index contributed by atoms with van der Waals surface area (Å²) in [6.45, 7) is 9.90. The number of amides is 3. The molecule has 1 aromatic carbocycles. The average molecular weight is 455 g/mol. The lowest BCUT2D eigenvalue weighted by atomic mass is 9.94. The molecule has 0 unspecified atom stereocenters. The van der Waals surface area contributed by atoms with Crippen LogP contribution in [0.4, 0.5) is 23.7 Å². The van der Waals surface area contributed by atoms with E-state index in [0.717, 1.165) is 18.6 Å². The first kappa shape index (κ1) is 24.4. The van der Waals surface area contributed by atoms with Crippen LogP contribution in [0.15, 0.2) is 24.3 Å². The standard InChI is InChI=1S/C23H33F3N4O2/c1-5-16(4)14-30-20(31)19(15(2)3)28-22(30)10-12-29(13-11-22)21(32)27-18-8-6-17(7-9-18)23(24,25)26/h6-9,15-16,19,28H,5,10-14H2,1-4H3,(H,27,32)/t16-,19+/m0/s1. The predicted molar refractivity (Wildman–Crippen MR) is 117 cm³/mol. The van der Waals surface area contributed by atoms with E-state index >= 15 is 0 Å². The molecule has 32 heavy (non-hydrogen) atoms. The number of likely N-dealkylation sites (tertiary alicyclic amines) is 1. The van der Waals surface area contributed by atoms with Crippen molar-refractivity contribution in [3.05, 3.63) is 29.8 Å². The van der Waals surface area contributed by atoms with Gasteiger partial charge in [-0.1, -0.05) is 34.1 Å². The Labute approximate surface area is 187 Å². The van der Waals surface area contributed by atoms with Crippen molar-refractivity contribution in [1.29, 1.82) is 0 Å². The second-order valence-electron chi connectivity index (χ2n) is 9.35. The third-order valence-corrected chi connectivity index (χ3v) is 6.67. The molecule has 1 spiro atoms. The van der Waals surface area contributed by atoms with Crippen LogP contribution < -0.4 is 10.6 Å². The maximum atomic E-state index is 13.1. The molecule has 0 radical (unpaired) electrons. The maximum Gasteiger partial charge on any atom is 0.416 e. The number of hydrogen-bond donors (Lipinski definition) is 2. The highest BCUT2D eigenvalue weighted by Crippen LogP contribution is 2.35. The normalized spacial score (nSPS) is 22.0. The molecule has 3 amide bonds. The fourth-order valence-electron chi connectivity index (χ4n) is 4.40. The van der Waals surface area contributed by atoms with Gasteiger partial charge in [-0.3, -0.25) is 10.1 Å². The first-order valence-corrected chi connectivity index (χ1v) is 11.3. The number of carbonyl (C=O) groups is 2. The zero-order valence-corrected chi connectivity index (χ0v) is 19.1. The van der Waals surface area contributed by atoms with Gasteiger partial charge in [0.05, 0.1) is 17.3 Å². The zero-order chi connectivity index (χ0) is 23.7. The number of benzene rings is 1. The second-order valence-corrected chi connectivity index (χ2v) is 9.35. The fourth-order valence-corrected chi connectivity index (χ4v) is 4.40. The summed E-state index contributed by atoms with van der Waals surface area (Å²) in [7, 11) is 0. The molecule has 2 atom stereocenters. The lowest BCUT2D eigenvalue weighted by Gasteiger charge is -2.45. The van der Waals surface area contributed by atoms with Gasteiger partial charge in [0.15, 0.2) is 0 Å². The SMILES string of the molecule is CC[C@H](C)CN1C(=O)[C@@H](C(C)C)NC12CCN(C(=O)Nc1ccc(C(F)(F)F)cc1)CC2. The van der Waals surface area contributed by atoms with Gasteiger partial charge in [-0.05, 0) is 36.1 Å². The van der Waals surface area contributed by atoms with Crippen molar-refractivity contribution >= 4 is 17.6 Å². The number of nitrogens with one attached hydrogen (secondary N) is 2. The largest absolute Gasteiger partial charge is 0.416 e. The molecule has 6 nitrogen and oxygen atoms in total. The molecule has 2 aliphatic heterocycles. The van der Waals surface area contributed by atoms with Gasteiger partial charge in [0, 0.05) is 38.2 Å². The first-order valence-electron chi connectivity index (χ1n) is 11.3. The lowest BCUT2D eigenvalue weighted by Crippen LogP contribution is -2.60. The van der Waals surface area contributed by atoms with E-state index in [2.05, 4.69) is 24.5 Å². The summed E-state index contributed by atoms with van der Waals surface area (Å²) in [5.74, 6) is 0.676. The highest BCUT2D eigenvalue weighted by molar-refractivity contribution is 5.89. The molecular weight excluding hydrogens is 421 g/mol. The van der Waals surface area contributed by atoms with E-state index in [0.29, 0.717) is 44.1 Å². The number of rotatable bonds is 5. The van der Waals surface area contributed by atoms with Crippen molar-refractivity contribution in [2.45, 2.75) is 64.8 Å². The van der Waals surface area contributed by atoms with Crippen LogP contribution in [-0.4, -0.2) is 53.1 Å². The third kappa shape index (κ3) is 5.03. The molecule has 1 aromatic rings. The molecule has 0 aromatic heterocycles. The number of halogens is 3. The number of piperidine rings is 1. The Morgan fingerprint density at radius 2 is 1.78 bits per heavy atom. The van der Waals surface area contributed by atoms with E-state index in [1.807, 2.05) is 18.7 Å². The van der Waals surface area contributed by atoms with Crippen LogP contribution in [-0.2, 0) is 11.0 Å². The summed E-state index contributed by atoms with van der Waals surface area (Å²) in [6, 6.07) is 3.83. The van der Waals surface area contributed by atoms with Crippen molar-refractivity contribution in [3.8, 4) is 0 Å². The Bertz CT molecular complexity index is 818. The first-order chi connectivity index (χ1) is 15.0. The van der Waals surface area contributed by atoms with Gasteiger partial charge in [0.25, 0.3) is 0 Å². The Hall–Kier alpha value is -2.29. The molecule has 2 aliphatic rings. The number of nitrogens with zero attached hydrogens (tertiary/aromatic N) is 2. The maximum absolute atomic E-state index is 13.1. The van der Waals surface area contributed by atoms with E-state index in [9.17, 15) is 22.8 Å². The van der Waals surface area contributed by atoms with Gasteiger partial charge in [-0.2, -0.15) is 13.2 Å². The van der Waals surface area contributed by atoms with E-state index in [1.54, 1.807) is 4.90 Å². The van der Waals surface area contributed by atoms with Gasteiger partial charge in [-0.15, -0.1) is 0 Å². The third-order valence-electron chi connectivity index (χ3n) is 6.67. The molecule has 3 rings (SSSR count). The quantitative estimate of drug-likeness (QED) is 0.687. The van der Waals surface area contributed by atoms with Crippen LogP contribution in [0, 0.1) is 11.8 Å². The smallest absolute Gasteiger partial charge is 0.324 e. The van der Waals surface area contributed by atoms with E-state index < -0.39 is 17.4 Å². The number of anilines is 1. The van der Waals surface area contributed by atoms with Gasteiger partial charge in [0.2, 0.25) is 5.91 Å². The molecule has 9 heteroatoms. The van der Waals surface area contributed by atoms with Gasteiger partial charge >= 0.3 is 12.2 Å². The summed E-state index contributed by atoms with van der Waals surface area (Å²) < 4.78 is 38.2. The number of alkyl halides is 3. The number of hydrogen-bond acceptors (Lipinski definition) is 3. The molecule has 2 fully saturated rings. The fraction of sp³-hybridized carbons (Fsp3) is 0.652. The molecule has 0 bridgehead atoms. The van der Waals surface area contributed by atoms with Crippen molar-refractivity contribution in [3.63, 3.8) is 0 Å². The van der Waals surface area contributed by atoms with E-state index in [-0.39, 0.29) is 23.9 Å². The van der Waals surface area contributed by atoms with Crippen LogP contribution >= 0.6 is 0 Å². The summed E-state index contributed by atoms with van der Waals surface area (Å²) in [5.41, 5.74) is -0.898.